The van der Waals surface area contributed by atoms with Gasteiger partial charge in [0.05, 0.1) is 6.54 Å². The summed E-state index contributed by atoms with van der Waals surface area (Å²) in [6.45, 7) is 3.37. The molecule has 2 aliphatic rings. The first-order chi connectivity index (χ1) is 13.3. The summed E-state index contributed by atoms with van der Waals surface area (Å²) >= 11 is 0. The molecule has 7 heteroatoms. The third-order valence-corrected chi connectivity index (χ3v) is 4.75. The molecule has 1 atom stereocenters. The number of carbonyl (C=O) groups excluding carboxylic acids is 1. The molecule has 0 unspecified atom stereocenters. The first-order valence-electron chi connectivity index (χ1n) is 9.38. The van der Waals surface area contributed by atoms with E-state index < -0.39 is 0 Å². The van der Waals surface area contributed by atoms with Crippen LogP contribution >= 0.6 is 0 Å². The number of rotatable bonds is 5. The van der Waals surface area contributed by atoms with Crippen LogP contribution < -0.4 is 25.0 Å². The van der Waals surface area contributed by atoms with Crippen molar-refractivity contribution < 1.29 is 14.3 Å². The Bertz CT molecular complexity index is 792. The molecule has 1 aromatic heterocycles. The van der Waals surface area contributed by atoms with Crippen molar-refractivity contribution in [2.75, 3.05) is 31.1 Å². The predicted molar refractivity (Wildman–Crippen MR) is 102 cm³/mol. The van der Waals surface area contributed by atoms with Crippen LogP contribution in [-0.2, 0) is 6.54 Å². The molecule has 142 valence electrons. The quantitative estimate of drug-likeness (QED) is 0.847. The van der Waals surface area contributed by atoms with Crippen molar-refractivity contribution >= 4 is 11.8 Å². The Morgan fingerprint density at radius 1 is 1.15 bits per heavy atom. The minimum atomic E-state index is -0.225. The van der Waals surface area contributed by atoms with Crippen molar-refractivity contribution in [2.24, 2.45) is 0 Å². The third kappa shape index (κ3) is 4.42. The van der Waals surface area contributed by atoms with Gasteiger partial charge in [-0.15, -0.1) is 0 Å². The van der Waals surface area contributed by atoms with Crippen LogP contribution in [0, 0.1) is 0 Å². The van der Waals surface area contributed by atoms with E-state index in [-0.39, 0.29) is 12.1 Å². The van der Waals surface area contributed by atoms with Crippen molar-refractivity contribution in [2.45, 2.75) is 25.5 Å². The molecule has 2 N–H and O–H groups in total. The zero-order valence-corrected chi connectivity index (χ0v) is 15.2. The predicted octanol–water partition coefficient (Wildman–Crippen LogP) is 2.32. The standard InChI is InChI=1S/C20H24N4O3/c25-20(23-13-16-14-26-17-5-1-2-6-18(17)27-16)22-12-15-7-8-21-19(11-15)24-9-3-4-10-24/h1-2,5-8,11,16H,3-4,9-10,12-14H2,(H2,22,23,25)/t16-/m0/s1. The van der Waals surface area contributed by atoms with E-state index >= 15 is 0 Å². The van der Waals surface area contributed by atoms with Gasteiger partial charge in [0.2, 0.25) is 0 Å². The van der Waals surface area contributed by atoms with Gasteiger partial charge < -0.3 is 25.0 Å². The lowest BCUT2D eigenvalue weighted by Gasteiger charge is -2.26. The lowest BCUT2D eigenvalue weighted by molar-refractivity contribution is 0.0918. The zero-order chi connectivity index (χ0) is 18.5. The number of amides is 2. The van der Waals surface area contributed by atoms with E-state index in [1.165, 1.54) is 12.8 Å². The Morgan fingerprint density at radius 3 is 2.81 bits per heavy atom. The molecule has 2 amide bonds. The number of urea groups is 1. The first-order valence-corrected chi connectivity index (χ1v) is 9.38. The van der Waals surface area contributed by atoms with E-state index in [1.807, 2.05) is 36.4 Å². The monoisotopic (exact) mass is 368 g/mol. The number of para-hydroxylation sites is 2. The number of pyridine rings is 1. The van der Waals surface area contributed by atoms with E-state index in [0.29, 0.717) is 25.4 Å². The lowest BCUT2D eigenvalue weighted by atomic mass is 10.2. The Labute approximate surface area is 158 Å². The van der Waals surface area contributed by atoms with E-state index in [1.54, 1.807) is 6.20 Å². The summed E-state index contributed by atoms with van der Waals surface area (Å²) in [7, 11) is 0. The highest BCUT2D eigenvalue weighted by atomic mass is 16.6. The van der Waals surface area contributed by atoms with Crippen LogP contribution in [0.4, 0.5) is 10.6 Å². The topological polar surface area (TPSA) is 75.7 Å². The highest BCUT2D eigenvalue weighted by Gasteiger charge is 2.21. The smallest absolute Gasteiger partial charge is 0.315 e. The number of hydrogen-bond donors (Lipinski definition) is 2. The van der Waals surface area contributed by atoms with Crippen LogP contribution in [0.5, 0.6) is 11.5 Å². The molecule has 0 aliphatic carbocycles. The molecule has 1 saturated heterocycles. The molecule has 0 radical (unpaired) electrons. The van der Waals surface area contributed by atoms with Crippen LogP contribution in [0.25, 0.3) is 0 Å². The van der Waals surface area contributed by atoms with Crippen molar-refractivity contribution in [1.29, 1.82) is 0 Å². The van der Waals surface area contributed by atoms with E-state index in [4.69, 9.17) is 9.47 Å². The number of ether oxygens (including phenoxy) is 2. The summed E-state index contributed by atoms with van der Waals surface area (Å²) in [5.74, 6) is 2.44. The van der Waals surface area contributed by atoms with Crippen LogP contribution in [0.3, 0.4) is 0 Å². The molecular weight excluding hydrogens is 344 g/mol. The minimum Gasteiger partial charge on any atom is -0.486 e. The summed E-state index contributed by atoms with van der Waals surface area (Å²) in [4.78, 5) is 18.8. The number of anilines is 1. The van der Waals surface area contributed by atoms with Crippen LogP contribution in [-0.4, -0.2) is 43.4 Å². The van der Waals surface area contributed by atoms with Gasteiger partial charge >= 0.3 is 6.03 Å². The van der Waals surface area contributed by atoms with Gasteiger partial charge in [0.25, 0.3) is 0 Å². The normalized spacial score (nSPS) is 18.2. The maximum atomic E-state index is 12.1. The van der Waals surface area contributed by atoms with Gasteiger partial charge in [-0.2, -0.15) is 0 Å². The van der Waals surface area contributed by atoms with Gasteiger partial charge in [-0.25, -0.2) is 9.78 Å². The molecule has 0 saturated carbocycles. The van der Waals surface area contributed by atoms with Crippen LogP contribution in [0.15, 0.2) is 42.6 Å². The summed E-state index contributed by atoms with van der Waals surface area (Å²) < 4.78 is 11.5. The highest BCUT2D eigenvalue weighted by Crippen LogP contribution is 2.30. The first kappa shape index (κ1) is 17.5. The number of hydrogen-bond acceptors (Lipinski definition) is 5. The molecular formula is C20H24N4O3. The Hall–Kier alpha value is -2.96. The van der Waals surface area contributed by atoms with E-state index in [2.05, 4.69) is 20.5 Å². The third-order valence-electron chi connectivity index (χ3n) is 4.75. The van der Waals surface area contributed by atoms with E-state index in [0.717, 1.165) is 30.2 Å². The van der Waals surface area contributed by atoms with Crippen molar-refractivity contribution in [1.82, 2.24) is 15.6 Å². The van der Waals surface area contributed by atoms with Gasteiger partial charge in [0, 0.05) is 25.8 Å². The van der Waals surface area contributed by atoms with Crippen molar-refractivity contribution in [3.05, 3.63) is 48.2 Å². The molecule has 2 aliphatic heterocycles. The molecule has 0 spiro atoms. The lowest BCUT2D eigenvalue weighted by Crippen LogP contribution is -2.44. The molecule has 4 rings (SSSR count). The highest BCUT2D eigenvalue weighted by molar-refractivity contribution is 5.73. The maximum Gasteiger partial charge on any atom is 0.315 e. The van der Waals surface area contributed by atoms with Crippen LogP contribution in [0.1, 0.15) is 18.4 Å². The van der Waals surface area contributed by atoms with E-state index in [9.17, 15) is 4.79 Å². The average Bonchev–Trinajstić information content (AvgIpc) is 3.26. The summed E-state index contributed by atoms with van der Waals surface area (Å²) in [6, 6.07) is 11.3. The number of nitrogens with one attached hydrogen (secondary N) is 2. The second kappa shape index (κ2) is 8.16. The fourth-order valence-electron chi connectivity index (χ4n) is 3.30. The number of aromatic nitrogens is 1. The molecule has 1 aromatic carbocycles. The van der Waals surface area contributed by atoms with Gasteiger partial charge in [-0.3, -0.25) is 0 Å². The van der Waals surface area contributed by atoms with Crippen molar-refractivity contribution in [3.63, 3.8) is 0 Å². The second-order valence-corrected chi connectivity index (χ2v) is 6.78. The molecule has 0 bridgehead atoms. The Balaban J connectivity index is 1.23. The Morgan fingerprint density at radius 2 is 1.96 bits per heavy atom. The second-order valence-electron chi connectivity index (χ2n) is 6.78. The number of nitrogens with zero attached hydrogens (tertiary/aromatic N) is 2. The van der Waals surface area contributed by atoms with Gasteiger partial charge in [0.15, 0.2) is 17.6 Å². The fourth-order valence-corrected chi connectivity index (χ4v) is 3.30. The van der Waals surface area contributed by atoms with Gasteiger partial charge in [-0.05, 0) is 42.7 Å². The number of carbonyl (C=O) groups is 1. The van der Waals surface area contributed by atoms with Crippen LogP contribution in [0.2, 0.25) is 0 Å². The minimum absolute atomic E-state index is 0.201. The van der Waals surface area contributed by atoms with Gasteiger partial charge in [0.1, 0.15) is 12.4 Å². The molecule has 2 aromatic rings. The maximum absolute atomic E-state index is 12.1. The number of benzene rings is 1. The summed E-state index contributed by atoms with van der Waals surface area (Å²) in [6.07, 6.45) is 4.02. The average molecular weight is 368 g/mol. The molecule has 27 heavy (non-hydrogen) atoms. The molecule has 3 heterocycles. The summed E-state index contributed by atoms with van der Waals surface area (Å²) in [5, 5.41) is 5.72. The molecule has 1 fully saturated rings. The largest absolute Gasteiger partial charge is 0.486 e. The zero-order valence-electron chi connectivity index (χ0n) is 15.2. The fraction of sp³-hybridized carbons (Fsp3) is 0.400. The molecule has 7 nitrogen and oxygen atoms in total. The Kier molecular flexibility index (Phi) is 5.27. The SMILES string of the molecule is O=C(NCc1ccnc(N2CCCC2)c1)NC[C@H]1COc2ccccc2O1. The van der Waals surface area contributed by atoms with Gasteiger partial charge in [-0.1, -0.05) is 12.1 Å². The number of fused-ring (bicyclic) bond motifs is 1. The van der Waals surface area contributed by atoms with Crippen molar-refractivity contribution in [3.8, 4) is 11.5 Å². The summed E-state index contributed by atoms with van der Waals surface area (Å²) in [5.41, 5.74) is 1.04.